The summed E-state index contributed by atoms with van der Waals surface area (Å²) in [4.78, 5) is 15.8. The van der Waals surface area contributed by atoms with Crippen LogP contribution < -0.4 is 11.1 Å². The van der Waals surface area contributed by atoms with Crippen molar-refractivity contribution in [2.24, 2.45) is 5.73 Å². The van der Waals surface area contributed by atoms with Crippen LogP contribution in [0.2, 0.25) is 0 Å². The van der Waals surface area contributed by atoms with Crippen LogP contribution in [-0.2, 0) is 0 Å². The molecular weight excluding hydrogens is 313 g/mol. The van der Waals surface area contributed by atoms with Gasteiger partial charge in [-0.2, -0.15) is 5.10 Å². The van der Waals surface area contributed by atoms with Gasteiger partial charge in [-0.25, -0.2) is 9.67 Å². The van der Waals surface area contributed by atoms with Crippen molar-refractivity contribution in [3.05, 3.63) is 42.5 Å². The van der Waals surface area contributed by atoms with E-state index in [1.165, 1.54) is 6.33 Å². The fourth-order valence-electron chi connectivity index (χ4n) is 1.70. The lowest BCUT2D eigenvalue weighted by Gasteiger charge is -2.06. The van der Waals surface area contributed by atoms with Gasteiger partial charge in [-0.3, -0.25) is 4.79 Å². The second-order valence-electron chi connectivity index (χ2n) is 4.14. The van der Waals surface area contributed by atoms with Gasteiger partial charge in [0.1, 0.15) is 12.7 Å². The number of amides is 1. The van der Waals surface area contributed by atoms with Crippen LogP contribution in [0.15, 0.2) is 36.9 Å². The summed E-state index contributed by atoms with van der Waals surface area (Å²) in [5.74, 6) is -0.0843. The molecule has 0 radical (unpaired) electrons. The molecule has 6 nitrogen and oxygen atoms in total. The van der Waals surface area contributed by atoms with Gasteiger partial charge in [-0.15, -0.1) is 24.8 Å². The minimum atomic E-state index is -0.0843. The number of hydrogen-bond acceptors (Lipinski definition) is 4. The molecule has 0 saturated carbocycles. The number of aromatic nitrogens is 3. The highest BCUT2D eigenvalue weighted by Crippen LogP contribution is 2.08. The van der Waals surface area contributed by atoms with Gasteiger partial charge >= 0.3 is 0 Å². The zero-order valence-electron chi connectivity index (χ0n) is 11.4. The topological polar surface area (TPSA) is 85.8 Å². The fraction of sp³-hybridized carbons (Fsp3) is 0.308. The Kier molecular flexibility index (Phi) is 9.36. The van der Waals surface area contributed by atoms with Crippen molar-refractivity contribution >= 4 is 30.7 Å². The van der Waals surface area contributed by atoms with Crippen LogP contribution in [-0.4, -0.2) is 33.8 Å². The smallest absolute Gasteiger partial charge is 0.251 e. The summed E-state index contributed by atoms with van der Waals surface area (Å²) in [6, 6.07) is 7.26. The summed E-state index contributed by atoms with van der Waals surface area (Å²) < 4.78 is 1.62. The van der Waals surface area contributed by atoms with Crippen molar-refractivity contribution in [3.8, 4) is 5.69 Å². The Labute approximate surface area is 135 Å². The second-order valence-corrected chi connectivity index (χ2v) is 4.14. The van der Waals surface area contributed by atoms with E-state index in [1.807, 2.05) is 12.1 Å². The highest BCUT2D eigenvalue weighted by atomic mass is 35.5. The SMILES string of the molecule is Cl.Cl.NCCCCNC(=O)c1cccc(-n2cncn2)c1. The normalized spacial score (nSPS) is 9.38. The molecule has 1 amide bonds. The number of nitrogens with one attached hydrogen (secondary N) is 1. The maximum atomic E-state index is 11.9. The van der Waals surface area contributed by atoms with Crippen LogP contribution in [0.1, 0.15) is 23.2 Å². The van der Waals surface area contributed by atoms with E-state index >= 15 is 0 Å². The molecule has 0 spiro atoms. The quantitative estimate of drug-likeness (QED) is 0.787. The number of unbranched alkanes of at least 4 members (excludes halogenated alkanes) is 1. The molecule has 0 aliphatic heterocycles. The molecule has 2 aromatic rings. The maximum absolute atomic E-state index is 11.9. The predicted molar refractivity (Wildman–Crippen MR) is 86.5 cm³/mol. The number of nitrogens with zero attached hydrogens (tertiary/aromatic N) is 3. The third kappa shape index (κ3) is 5.71. The summed E-state index contributed by atoms with van der Waals surface area (Å²) in [7, 11) is 0. The van der Waals surface area contributed by atoms with E-state index in [0.29, 0.717) is 18.7 Å². The summed E-state index contributed by atoms with van der Waals surface area (Å²) in [5.41, 5.74) is 6.83. The molecule has 0 unspecified atom stereocenters. The number of rotatable bonds is 6. The summed E-state index contributed by atoms with van der Waals surface area (Å²) in [6.07, 6.45) is 4.86. The Hall–Kier alpha value is -1.63. The van der Waals surface area contributed by atoms with Crippen LogP contribution in [0.4, 0.5) is 0 Å². The van der Waals surface area contributed by atoms with Gasteiger partial charge in [0.25, 0.3) is 5.91 Å². The summed E-state index contributed by atoms with van der Waals surface area (Å²) >= 11 is 0. The van der Waals surface area contributed by atoms with Crippen molar-refractivity contribution < 1.29 is 4.79 Å². The van der Waals surface area contributed by atoms with E-state index in [4.69, 9.17) is 5.73 Å². The molecule has 8 heteroatoms. The van der Waals surface area contributed by atoms with E-state index in [-0.39, 0.29) is 30.7 Å². The van der Waals surface area contributed by atoms with E-state index in [0.717, 1.165) is 18.5 Å². The highest BCUT2D eigenvalue weighted by molar-refractivity contribution is 5.94. The lowest BCUT2D eigenvalue weighted by atomic mass is 10.2. The molecule has 21 heavy (non-hydrogen) atoms. The van der Waals surface area contributed by atoms with Crippen molar-refractivity contribution in [3.63, 3.8) is 0 Å². The summed E-state index contributed by atoms with van der Waals surface area (Å²) in [5, 5.41) is 6.90. The van der Waals surface area contributed by atoms with Crippen LogP contribution in [0.5, 0.6) is 0 Å². The van der Waals surface area contributed by atoms with E-state index < -0.39 is 0 Å². The van der Waals surface area contributed by atoms with E-state index in [9.17, 15) is 4.79 Å². The van der Waals surface area contributed by atoms with Crippen molar-refractivity contribution in [2.45, 2.75) is 12.8 Å². The number of carbonyl (C=O) groups is 1. The minimum absolute atomic E-state index is 0. The first-order chi connectivity index (χ1) is 9.31. The molecule has 1 heterocycles. The zero-order valence-corrected chi connectivity index (χ0v) is 13.1. The Morgan fingerprint density at radius 2 is 2.10 bits per heavy atom. The molecule has 0 saturated heterocycles. The second kappa shape index (κ2) is 10.1. The first kappa shape index (κ1) is 19.4. The van der Waals surface area contributed by atoms with Crippen LogP contribution in [0, 0.1) is 0 Å². The maximum Gasteiger partial charge on any atom is 0.251 e. The van der Waals surface area contributed by atoms with Gasteiger partial charge < -0.3 is 11.1 Å². The van der Waals surface area contributed by atoms with Crippen LogP contribution in [0.3, 0.4) is 0 Å². The molecule has 0 fully saturated rings. The van der Waals surface area contributed by atoms with Gasteiger partial charge in [0.15, 0.2) is 0 Å². The zero-order chi connectivity index (χ0) is 13.5. The lowest BCUT2D eigenvalue weighted by molar-refractivity contribution is 0.0953. The molecule has 116 valence electrons. The Morgan fingerprint density at radius 1 is 1.29 bits per heavy atom. The Morgan fingerprint density at radius 3 is 2.76 bits per heavy atom. The van der Waals surface area contributed by atoms with Gasteiger partial charge in [0.05, 0.1) is 5.69 Å². The highest BCUT2D eigenvalue weighted by Gasteiger charge is 2.06. The molecule has 0 aliphatic carbocycles. The minimum Gasteiger partial charge on any atom is -0.352 e. The van der Waals surface area contributed by atoms with E-state index in [2.05, 4.69) is 15.4 Å². The van der Waals surface area contributed by atoms with Crippen molar-refractivity contribution in [2.75, 3.05) is 13.1 Å². The first-order valence-electron chi connectivity index (χ1n) is 6.24. The molecule has 0 bridgehead atoms. The van der Waals surface area contributed by atoms with Crippen molar-refractivity contribution in [1.82, 2.24) is 20.1 Å². The first-order valence-corrected chi connectivity index (χ1v) is 6.24. The monoisotopic (exact) mass is 331 g/mol. The lowest BCUT2D eigenvalue weighted by Crippen LogP contribution is -2.25. The molecule has 0 atom stereocenters. The molecule has 2 rings (SSSR count). The average Bonchev–Trinajstić information content (AvgIpc) is 2.98. The largest absolute Gasteiger partial charge is 0.352 e. The van der Waals surface area contributed by atoms with Crippen molar-refractivity contribution in [1.29, 1.82) is 0 Å². The van der Waals surface area contributed by atoms with Gasteiger partial charge in [0, 0.05) is 12.1 Å². The Bertz CT molecular complexity index is 533. The van der Waals surface area contributed by atoms with Gasteiger partial charge in [-0.05, 0) is 37.6 Å². The van der Waals surface area contributed by atoms with Crippen LogP contribution >= 0.6 is 24.8 Å². The Balaban J connectivity index is 0.00000200. The predicted octanol–water partition coefficient (Wildman–Crippen LogP) is 1.58. The molecule has 0 aliphatic rings. The fourth-order valence-corrected chi connectivity index (χ4v) is 1.70. The van der Waals surface area contributed by atoms with E-state index in [1.54, 1.807) is 23.1 Å². The number of carbonyl (C=O) groups excluding carboxylic acids is 1. The number of benzene rings is 1. The van der Waals surface area contributed by atoms with Gasteiger partial charge in [0.2, 0.25) is 0 Å². The van der Waals surface area contributed by atoms with Crippen LogP contribution in [0.25, 0.3) is 5.69 Å². The molecular formula is C13H19Cl2N5O. The standard InChI is InChI=1S/C13H17N5O.2ClH/c14-6-1-2-7-16-13(19)11-4-3-5-12(8-11)18-10-15-9-17-18;;/h3-5,8-10H,1-2,6-7,14H2,(H,16,19);2*1H. The third-order valence-electron chi connectivity index (χ3n) is 2.71. The average molecular weight is 332 g/mol. The molecule has 1 aromatic carbocycles. The third-order valence-corrected chi connectivity index (χ3v) is 2.71. The van der Waals surface area contributed by atoms with Gasteiger partial charge in [-0.1, -0.05) is 6.07 Å². The number of halogens is 2. The number of hydrogen-bond donors (Lipinski definition) is 2. The summed E-state index contributed by atoms with van der Waals surface area (Å²) in [6.45, 7) is 1.29. The molecule has 1 aromatic heterocycles. The number of nitrogens with two attached hydrogens (primary N) is 1. The molecule has 3 N–H and O–H groups in total.